The van der Waals surface area contributed by atoms with Crippen LogP contribution in [-0.4, -0.2) is 68.6 Å². The van der Waals surface area contributed by atoms with E-state index in [1.807, 2.05) is 0 Å². The maximum Gasteiger partial charge on any atom is 0.414 e. The Hall–Kier alpha value is -1.78. The van der Waals surface area contributed by atoms with Gasteiger partial charge in [0.1, 0.15) is 5.60 Å². The Morgan fingerprint density at radius 3 is 2.09 bits per heavy atom. The van der Waals surface area contributed by atoms with E-state index < -0.39 is 11.9 Å². The van der Waals surface area contributed by atoms with Crippen LogP contribution in [0.5, 0.6) is 5.88 Å². The second-order valence-electron chi connectivity index (χ2n) is 8.79. The zero-order valence-electron chi connectivity index (χ0n) is 20.0. The molecule has 1 atom stereocenters. The molecule has 2 N–H and O–H groups in total. The first kappa shape index (κ1) is 27.5. The van der Waals surface area contributed by atoms with E-state index in [1.165, 1.54) is 76.2 Å². The van der Waals surface area contributed by atoms with Crippen LogP contribution < -0.4 is 4.74 Å². The molecule has 3 saturated heterocycles. The van der Waals surface area contributed by atoms with Crippen LogP contribution in [0, 0.1) is 5.92 Å². The lowest BCUT2D eigenvalue weighted by Gasteiger charge is -2.52. The molecular weight excluding hydrogens is 446 g/mol. The van der Waals surface area contributed by atoms with Crippen molar-refractivity contribution in [1.82, 2.24) is 13.6 Å². The number of aromatic nitrogens is 2. The smallest absolute Gasteiger partial charge is 0.414 e. The molecule has 188 valence electrons. The summed E-state index contributed by atoms with van der Waals surface area (Å²) in [4.78, 5) is 20.7. The van der Waals surface area contributed by atoms with Gasteiger partial charge in [0, 0.05) is 13.2 Å². The number of nitrogens with zero attached hydrogens (tertiary/aromatic N) is 3. The van der Waals surface area contributed by atoms with E-state index in [1.54, 1.807) is 0 Å². The van der Waals surface area contributed by atoms with Crippen LogP contribution in [0.1, 0.15) is 83.7 Å². The summed E-state index contributed by atoms with van der Waals surface area (Å²) in [5, 5.41) is 14.8. The van der Waals surface area contributed by atoms with Crippen LogP contribution in [0.15, 0.2) is 0 Å². The van der Waals surface area contributed by atoms with Crippen molar-refractivity contribution >= 4 is 23.7 Å². The molecule has 3 aliphatic heterocycles. The largest absolute Gasteiger partial charge is 0.476 e. The van der Waals surface area contributed by atoms with Crippen molar-refractivity contribution in [1.29, 1.82) is 0 Å². The van der Waals surface area contributed by atoms with Crippen molar-refractivity contribution in [3.8, 4) is 5.88 Å². The van der Waals surface area contributed by atoms with Gasteiger partial charge in [-0.05, 0) is 44.7 Å². The lowest BCUT2D eigenvalue weighted by Crippen LogP contribution is -2.58. The Morgan fingerprint density at radius 1 is 0.970 bits per heavy atom. The number of aliphatic carboxylic acids is 2. The molecule has 1 aromatic rings. The number of carbonyl (C=O) groups is 2. The molecule has 0 radical (unpaired) electrons. The Morgan fingerprint density at radius 2 is 1.58 bits per heavy atom. The van der Waals surface area contributed by atoms with Gasteiger partial charge in [-0.15, -0.1) is 4.37 Å². The number of unbranched alkanes of at least 4 members (excludes halogenated alkanes) is 6. The zero-order chi connectivity index (χ0) is 24.1. The summed E-state index contributed by atoms with van der Waals surface area (Å²) < 4.78 is 22.0. The van der Waals surface area contributed by atoms with E-state index in [9.17, 15) is 0 Å². The quantitative estimate of drug-likeness (QED) is 0.313. The third kappa shape index (κ3) is 8.19. The van der Waals surface area contributed by atoms with E-state index in [0.717, 1.165) is 44.2 Å². The number of hydrogen-bond donors (Lipinski definition) is 2. The van der Waals surface area contributed by atoms with Crippen molar-refractivity contribution in [2.45, 2.75) is 83.7 Å². The highest BCUT2D eigenvalue weighted by molar-refractivity contribution is 6.99. The highest BCUT2D eigenvalue weighted by Gasteiger charge is 2.52. The van der Waals surface area contributed by atoms with E-state index in [2.05, 4.69) is 23.1 Å². The van der Waals surface area contributed by atoms with Gasteiger partial charge < -0.3 is 24.6 Å². The van der Waals surface area contributed by atoms with Crippen LogP contribution in [0.2, 0.25) is 0 Å². The summed E-state index contributed by atoms with van der Waals surface area (Å²) in [6.07, 6.45) is 12.1. The van der Waals surface area contributed by atoms with E-state index in [0.29, 0.717) is 5.92 Å². The molecule has 10 heteroatoms. The van der Waals surface area contributed by atoms with Crippen molar-refractivity contribution in [3.05, 3.63) is 5.69 Å². The zero-order valence-corrected chi connectivity index (χ0v) is 20.8. The first-order chi connectivity index (χ1) is 15.9. The topological polar surface area (TPSA) is 122 Å². The van der Waals surface area contributed by atoms with Crippen molar-refractivity contribution in [2.75, 3.05) is 32.8 Å². The monoisotopic (exact) mass is 485 g/mol. The number of ether oxygens (including phenoxy) is 2. The molecule has 33 heavy (non-hydrogen) atoms. The standard InChI is InChI=1S/C21H37N3O2S.C2H2O4/c1-3-5-7-9-15-25-20-19(22-27-23-20)21(26-16-10-8-6-4-2)17-24-13-11-18(21)12-14-24;3-1(4)2(5)6/h18H,3-17H2,1-2H3;(H,3,4)(H,5,6). The van der Waals surface area contributed by atoms with Gasteiger partial charge in [-0.2, -0.15) is 4.37 Å². The molecule has 0 amide bonds. The fourth-order valence-corrected chi connectivity index (χ4v) is 5.10. The number of hydrogen-bond acceptors (Lipinski definition) is 8. The SMILES string of the molecule is CCCCCCOc1nsnc1C1(OCCCCCC)CN2CCC1CC2.O=C(O)C(=O)O. The minimum atomic E-state index is -1.82. The van der Waals surface area contributed by atoms with Gasteiger partial charge in [-0.3, -0.25) is 0 Å². The number of piperidine rings is 3. The third-order valence-corrected chi connectivity index (χ3v) is 6.85. The van der Waals surface area contributed by atoms with Gasteiger partial charge in [-0.25, -0.2) is 9.59 Å². The lowest BCUT2D eigenvalue weighted by atomic mass is 9.73. The maximum atomic E-state index is 9.10. The van der Waals surface area contributed by atoms with Crippen LogP contribution in [-0.2, 0) is 19.9 Å². The van der Waals surface area contributed by atoms with Crippen LogP contribution in [0.25, 0.3) is 0 Å². The van der Waals surface area contributed by atoms with E-state index in [4.69, 9.17) is 33.6 Å². The minimum Gasteiger partial charge on any atom is -0.476 e. The highest BCUT2D eigenvalue weighted by atomic mass is 32.1. The van der Waals surface area contributed by atoms with Crippen LogP contribution in [0.3, 0.4) is 0 Å². The van der Waals surface area contributed by atoms with Crippen molar-refractivity contribution in [3.63, 3.8) is 0 Å². The Balaban J connectivity index is 0.000000569. The van der Waals surface area contributed by atoms with Crippen molar-refractivity contribution < 1.29 is 29.3 Å². The highest BCUT2D eigenvalue weighted by Crippen LogP contribution is 2.47. The molecule has 1 aromatic heterocycles. The number of rotatable bonds is 13. The molecule has 1 unspecified atom stereocenters. The molecule has 3 fully saturated rings. The molecule has 0 aromatic carbocycles. The number of carboxylic acid groups (broad SMARTS) is 2. The van der Waals surface area contributed by atoms with Gasteiger partial charge in [0.05, 0.1) is 18.3 Å². The molecule has 0 spiro atoms. The van der Waals surface area contributed by atoms with Gasteiger partial charge in [0.15, 0.2) is 5.69 Å². The van der Waals surface area contributed by atoms with Gasteiger partial charge in [0.25, 0.3) is 5.88 Å². The molecule has 2 bridgehead atoms. The summed E-state index contributed by atoms with van der Waals surface area (Å²) in [5.41, 5.74) is 0.668. The predicted molar refractivity (Wildman–Crippen MR) is 126 cm³/mol. The maximum absolute atomic E-state index is 9.10. The predicted octanol–water partition coefficient (Wildman–Crippen LogP) is 4.17. The third-order valence-electron chi connectivity index (χ3n) is 6.34. The average molecular weight is 486 g/mol. The summed E-state index contributed by atoms with van der Waals surface area (Å²) >= 11 is 1.28. The second kappa shape index (κ2) is 14.5. The first-order valence-electron chi connectivity index (χ1n) is 12.2. The molecule has 3 aliphatic rings. The Labute approximate surface area is 200 Å². The summed E-state index contributed by atoms with van der Waals surface area (Å²) in [7, 11) is 0. The Bertz CT molecular complexity index is 711. The molecule has 0 aliphatic carbocycles. The number of fused-ring (bicyclic) bond motifs is 3. The minimum absolute atomic E-state index is 0.311. The van der Waals surface area contributed by atoms with Gasteiger partial charge in [-0.1, -0.05) is 52.4 Å². The molecular formula is C23H39N3O6S. The Kier molecular flexibility index (Phi) is 12.0. The van der Waals surface area contributed by atoms with Crippen LogP contribution >= 0.6 is 11.7 Å². The molecule has 0 saturated carbocycles. The van der Waals surface area contributed by atoms with Crippen molar-refractivity contribution in [2.24, 2.45) is 5.92 Å². The average Bonchev–Trinajstić information content (AvgIpc) is 3.29. The fraction of sp³-hybridized carbons (Fsp3) is 0.826. The lowest BCUT2D eigenvalue weighted by molar-refractivity contribution is -0.163. The molecule has 9 nitrogen and oxygen atoms in total. The summed E-state index contributed by atoms with van der Waals surface area (Å²) in [5.74, 6) is -2.37. The summed E-state index contributed by atoms with van der Waals surface area (Å²) in [6.45, 7) is 9.37. The van der Waals surface area contributed by atoms with E-state index in [-0.39, 0.29) is 5.60 Å². The molecule has 4 rings (SSSR count). The van der Waals surface area contributed by atoms with Gasteiger partial charge >= 0.3 is 11.9 Å². The number of carboxylic acids is 2. The summed E-state index contributed by atoms with van der Waals surface area (Å²) in [6, 6.07) is 0. The van der Waals surface area contributed by atoms with Crippen LogP contribution in [0.4, 0.5) is 0 Å². The van der Waals surface area contributed by atoms with E-state index >= 15 is 0 Å². The first-order valence-corrected chi connectivity index (χ1v) is 13.0. The van der Waals surface area contributed by atoms with Gasteiger partial charge in [0.2, 0.25) is 0 Å². The second-order valence-corrected chi connectivity index (χ2v) is 9.31. The molecule has 4 heterocycles. The normalized spacial score (nSPS) is 23.6. The fourth-order valence-electron chi connectivity index (χ4n) is 4.53.